The van der Waals surface area contributed by atoms with Gasteiger partial charge < -0.3 is 20.4 Å². The van der Waals surface area contributed by atoms with Crippen molar-refractivity contribution in [1.29, 1.82) is 0 Å². The Morgan fingerprint density at radius 2 is 1.87 bits per heavy atom. The van der Waals surface area contributed by atoms with Gasteiger partial charge in [0.1, 0.15) is 6.04 Å². The van der Waals surface area contributed by atoms with Crippen LogP contribution in [0.5, 0.6) is 0 Å². The molecule has 3 N–H and O–H groups in total. The zero-order valence-electron chi connectivity index (χ0n) is 8.14. The number of carbonyl (C=O) groups excluding carboxylic acids is 1. The van der Waals surface area contributed by atoms with Crippen LogP contribution in [0.3, 0.4) is 0 Å². The van der Waals surface area contributed by atoms with Crippen molar-refractivity contribution in [2.24, 2.45) is 5.92 Å². The monoisotopic (exact) mass is 216 g/mol. The van der Waals surface area contributed by atoms with Gasteiger partial charge in [0, 0.05) is 25.9 Å². The number of nitrogens with zero attached hydrogens (tertiary/aromatic N) is 1. The number of likely N-dealkylation sites (tertiary alicyclic amines) is 1. The molecule has 7 nitrogen and oxygen atoms in total. The van der Waals surface area contributed by atoms with Crippen molar-refractivity contribution in [2.45, 2.75) is 13.0 Å². The van der Waals surface area contributed by atoms with Gasteiger partial charge in [0.15, 0.2) is 0 Å². The van der Waals surface area contributed by atoms with Crippen LogP contribution in [0, 0.1) is 5.92 Å². The molecule has 1 unspecified atom stereocenters. The van der Waals surface area contributed by atoms with Crippen LogP contribution in [0.25, 0.3) is 0 Å². The molecule has 0 aromatic heterocycles. The predicted molar refractivity (Wildman–Crippen MR) is 48.3 cm³/mol. The van der Waals surface area contributed by atoms with Gasteiger partial charge in [0.05, 0.1) is 0 Å². The number of carboxylic acids is 1. The van der Waals surface area contributed by atoms with Crippen LogP contribution in [-0.2, 0) is 9.59 Å². The minimum absolute atomic E-state index is 0.134. The highest BCUT2D eigenvalue weighted by Gasteiger charge is 2.39. The van der Waals surface area contributed by atoms with Gasteiger partial charge >= 0.3 is 12.1 Å². The number of carbonyl (C=O) groups is 3. The second-order valence-corrected chi connectivity index (χ2v) is 3.45. The number of amides is 2. The zero-order chi connectivity index (χ0) is 11.6. The number of aliphatic carboxylic acids is 1. The van der Waals surface area contributed by atoms with Crippen LogP contribution in [0.1, 0.15) is 6.92 Å². The fourth-order valence-corrected chi connectivity index (χ4v) is 1.49. The van der Waals surface area contributed by atoms with E-state index in [2.05, 4.69) is 0 Å². The van der Waals surface area contributed by atoms with Crippen molar-refractivity contribution < 1.29 is 24.6 Å². The van der Waals surface area contributed by atoms with E-state index >= 15 is 0 Å². The molecule has 0 aromatic carbocycles. The molecule has 1 atom stereocenters. The number of nitrogens with one attached hydrogen (secondary N) is 1. The molecule has 84 valence electrons. The van der Waals surface area contributed by atoms with E-state index in [1.807, 2.05) is 5.32 Å². The minimum Gasteiger partial charge on any atom is -0.480 e. The van der Waals surface area contributed by atoms with Crippen LogP contribution in [0.4, 0.5) is 4.79 Å². The Hall–Kier alpha value is -1.79. The first-order chi connectivity index (χ1) is 6.91. The molecule has 0 aromatic rings. The third-order valence-electron chi connectivity index (χ3n) is 2.37. The SMILES string of the molecule is CC(=O)N1CC(C(NC(=O)O)C(=O)O)C1. The lowest BCUT2D eigenvalue weighted by molar-refractivity contribution is -0.147. The predicted octanol–water partition coefficient (Wildman–Crippen LogP) is -0.814. The van der Waals surface area contributed by atoms with Crippen molar-refractivity contribution in [2.75, 3.05) is 13.1 Å². The maximum Gasteiger partial charge on any atom is 0.405 e. The molecule has 2 amide bonds. The summed E-state index contributed by atoms with van der Waals surface area (Å²) >= 11 is 0. The van der Waals surface area contributed by atoms with E-state index in [-0.39, 0.29) is 24.9 Å². The second-order valence-electron chi connectivity index (χ2n) is 3.45. The lowest BCUT2D eigenvalue weighted by Crippen LogP contribution is -2.60. The Bertz CT molecular complexity index is 297. The Balaban J connectivity index is 2.50. The topological polar surface area (TPSA) is 107 Å². The molecule has 1 aliphatic heterocycles. The van der Waals surface area contributed by atoms with E-state index in [1.54, 1.807) is 0 Å². The lowest BCUT2D eigenvalue weighted by atomic mass is 9.91. The molecule has 1 rings (SSSR count). The molecule has 1 heterocycles. The second kappa shape index (κ2) is 4.16. The molecule has 1 aliphatic rings. The van der Waals surface area contributed by atoms with Crippen molar-refractivity contribution in [3.63, 3.8) is 0 Å². The van der Waals surface area contributed by atoms with E-state index in [4.69, 9.17) is 10.2 Å². The maximum atomic E-state index is 10.8. The van der Waals surface area contributed by atoms with Crippen molar-refractivity contribution in [3.8, 4) is 0 Å². The summed E-state index contributed by atoms with van der Waals surface area (Å²) in [6, 6.07) is -1.14. The first-order valence-corrected chi connectivity index (χ1v) is 4.39. The first-order valence-electron chi connectivity index (χ1n) is 4.39. The Kier molecular flexibility index (Phi) is 3.13. The van der Waals surface area contributed by atoms with E-state index in [9.17, 15) is 14.4 Å². The highest BCUT2D eigenvalue weighted by molar-refractivity contribution is 5.80. The summed E-state index contributed by atoms with van der Waals surface area (Å²) in [7, 11) is 0. The molecule has 0 spiro atoms. The fraction of sp³-hybridized carbons (Fsp3) is 0.625. The summed E-state index contributed by atoms with van der Waals surface area (Å²) < 4.78 is 0. The Morgan fingerprint density at radius 1 is 1.33 bits per heavy atom. The minimum atomic E-state index is -1.37. The molecular formula is C8H12N2O5. The van der Waals surface area contributed by atoms with E-state index in [1.165, 1.54) is 11.8 Å². The fourth-order valence-electron chi connectivity index (χ4n) is 1.49. The first kappa shape index (κ1) is 11.3. The maximum absolute atomic E-state index is 10.8. The van der Waals surface area contributed by atoms with Gasteiger partial charge in [-0.3, -0.25) is 4.79 Å². The Labute approximate surface area is 85.7 Å². The molecule has 15 heavy (non-hydrogen) atoms. The van der Waals surface area contributed by atoms with Crippen LogP contribution in [0.2, 0.25) is 0 Å². The highest BCUT2D eigenvalue weighted by Crippen LogP contribution is 2.19. The van der Waals surface area contributed by atoms with Crippen molar-refractivity contribution in [3.05, 3.63) is 0 Å². The number of rotatable bonds is 3. The summed E-state index contributed by atoms with van der Waals surface area (Å²) in [5.74, 6) is -1.70. The van der Waals surface area contributed by atoms with Gasteiger partial charge in [0.2, 0.25) is 5.91 Å². The standard InChI is InChI=1S/C8H12N2O5/c1-4(11)10-2-5(3-10)6(7(12)13)9-8(14)15/h5-6,9H,2-3H2,1H3,(H,12,13)(H,14,15). The quantitative estimate of drug-likeness (QED) is 0.571. The van der Waals surface area contributed by atoms with Gasteiger partial charge in [0.25, 0.3) is 0 Å². The molecule has 7 heteroatoms. The highest BCUT2D eigenvalue weighted by atomic mass is 16.4. The normalized spacial score (nSPS) is 17.8. The molecular weight excluding hydrogens is 204 g/mol. The van der Waals surface area contributed by atoms with Gasteiger partial charge in [-0.1, -0.05) is 0 Å². The third-order valence-corrected chi connectivity index (χ3v) is 2.37. The van der Waals surface area contributed by atoms with Gasteiger partial charge in [-0.05, 0) is 0 Å². The molecule has 0 bridgehead atoms. The summed E-state index contributed by atoms with van der Waals surface area (Å²) in [6.45, 7) is 1.95. The number of hydrogen-bond donors (Lipinski definition) is 3. The van der Waals surface area contributed by atoms with Gasteiger partial charge in [-0.25, -0.2) is 9.59 Å². The van der Waals surface area contributed by atoms with E-state index in [0.29, 0.717) is 0 Å². The van der Waals surface area contributed by atoms with E-state index < -0.39 is 18.1 Å². The smallest absolute Gasteiger partial charge is 0.405 e. The van der Waals surface area contributed by atoms with Crippen LogP contribution < -0.4 is 5.32 Å². The number of carboxylic acid groups (broad SMARTS) is 2. The van der Waals surface area contributed by atoms with Crippen molar-refractivity contribution in [1.82, 2.24) is 10.2 Å². The summed E-state index contributed by atoms with van der Waals surface area (Å²) in [4.78, 5) is 33.3. The summed E-state index contributed by atoms with van der Waals surface area (Å²) in [5, 5.41) is 19.1. The number of hydrogen-bond acceptors (Lipinski definition) is 3. The van der Waals surface area contributed by atoms with Gasteiger partial charge in [-0.15, -0.1) is 0 Å². The molecule has 1 fully saturated rings. The van der Waals surface area contributed by atoms with Crippen LogP contribution >= 0.6 is 0 Å². The molecule has 0 saturated carbocycles. The van der Waals surface area contributed by atoms with Gasteiger partial charge in [-0.2, -0.15) is 0 Å². The lowest BCUT2D eigenvalue weighted by Gasteiger charge is -2.41. The van der Waals surface area contributed by atoms with Crippen LogP contribution in [0.15, 0.2) is 0 Å². The average Bonchev–Trinajstić information content (AvgIpc) is 1.97. The molecule has 0 radical (unpaired) electrons. The summed E-state index contributed by atoms with van der Waals surface area (Å²) in [6.07, 6.45) is -1.37. The van der Waals surface area contributed by atoms with E-state index in [0.717, 1.165) is 0 Å². The molecule has 1 saturated heterocycles. The van der Waals surface area contributed by atoms with Crippen molar-refractivity contribution >= 4 is 18.0 Å². The third kappa shape index (κ3) is 2.58. The zero-order valence-corrected chi connectivity index (χ0v) is 8.14. The Morgan fingerprint density at radius 3 is 2.20 bits per heavy atom. The largest absolute Gasteiger partial charge is 0.480 e. The average molecular weight is 216 g/mol. The molecule has 0 aliphatic carbocycles. The summed E-state index contributed by atoms with van der Waals surface area (Å²) in [5.41, 5.74) is 0. The van der Waals surface area contributed by atoms with Crippen LogP contribution in [-0.4, -0.2) is 52.2 Å².